The number of carbonyl (C=O) groups excluding carboxylic acids is 1. The van der Waals surface area contributed by atoms with Gasteiger partial charge in [0.1, 0.15) is 0 Å². The molecule has 0 aliphatic heterocycles. The van der Waals surface area contributed by atoms with Crippen molar-refractivity contribution in [1.29, 1.82) is 0 Å². The first-order valence-corrected chi connectivity index (χ1v) is 7.81. The molecule has 0 heterocycles. The van der Waals surface area contributed by atoms with Crippen molar-refractivity contribution in [2.24, 2.45) is 22.5 Å². The minimum Gasteiger partial charge on any atom is -0.369 e. The van der Waals surface area contributed by atoms with Crippen LogP contribution in [0.5, 0.6) is 0 Å². The first-order chi connectivity index (χ1) is 9.46. The Balaban J connectivity index is 1.85. The van der Waals surface area contributed by atoms with Gasteiger partial charge in [0.2, 0.25) is 5.91 Å². The lowest BCUT2D eigenvalue weighted by Crippen LogP contribution is -2.61. The summed E-state index contributed by atoms with van der Waals surface area (Å²) < 4.78 is 0. The average molecular weight is 269 g/mol. The third kappa shape index (κ3) is 1.54. The van der Waals surface area contributed by atoms with E-state index in [0.717, 1.165) is 19.3 Å². The molecule has 0 spiro atoms. The largest absolute Gasteiger partial charge is 0.369 e. The summed E-state index contributed by atoms with van der Waals surface area (Å²) in [5.74, 6) is 0.636. The van der Waals surface area contributed by atoms with Gasteiger partial charge in [-0.3, -0.25) is 4.79 Å². The molecule has 0 radical (unpaired) electrons. The summed E-state index contributed by atoms with van der Waals surface area (Å²) in [5.41, 5.74) is 7.56. The van der Waals surface area contributed by atoms with Gasteiger partial charge in [-0.1, -0.05) is 37.3 Å². The monoisotopic (exact) mass is 269 g/mol. The van der Waals surface area contributed by atoms with Crippen molar-refractivity contribution in [3.05, 3.63) is 35.9 Å². The maximum absolute atomic E-state index is 12.2. The second-order valence-electron chi connectivity index (χ2n) is 8.11. The molecule has 0 aromatic heterocycles. The first kappa shape index (κ1) is 12.4. The van der Waals surface area contributed by atoms with Crippen molar-refractivity contribution in [2.75, 3.05) is 0 Å². The maximum atomic E-state index is 12.2. The molecule has 1 aromatic carbocycles. The third-order valence-electron chi connectivity index (χ3n) is 6.26. The van der Waals surface area contributed by atoms with E-state index in [1.54, 1.807) is 0 Å². The van der Waals surface area contributed by atoms with Gasteiger partial charge in [0.05, 0.1) is 5.41 Å². The highest BCUT2D eigenvalue weighted by molar-refractivity contribution is 5.82. The van der Waals surface area contributed by atoms with Crippen LogP contribution in [-0.2, 0) is 10.2 Å². The molecule has 4 aliphatic rings. The van der Waals surface area contributed by atoms with E-state index in [4.69, 9.17) is 5.73 Å². The Bertz CT molecular complexity index is 568. The molecule has 2 nitrogen and oxygen atoms in total. The Morgan fingerprint density at radius 1 is 1.10 bits per heavy atom. The molecule has 1 aromatic rings. The Morgan fingerprint density at radius 3 is 2.50 bits per heavy atom. The van der Waals surface area contributed by atoms with Crippen LogP contribution in [0.2, 0.25) is 0 Å². The normalized spacial score (nSPS) is 45.5. The average Bonchev–Trinajstić information content (AvgIpc) is 2.37. The summed E-state index contributed by atoms with van der Waals surface area (Å²) in [5, 5.41) is 0. The zero-order valence-electron chi connectivity index (χ0n) is 12.2. The van der Waals surface area contributed by atoms with Gasteiger partial charge in [0.15, 0.2) is 0 Å². The van der Waals surface area contributed by atoms with Crippen LogP contribution in [-0.4, -0.2) is 5.91 Å². The number of hydrogen-bond acceptors (Lipinski definition) is 1. The highest BCUT2D eigenvalue weighted by Crippen LogP contribution is 2.69. The molecule has 0 saturated heterocycles. The lowest BCUT2D eigenvalue weighted by molar-refractivity contribution is -0.156. The number of benzene rings is 1. The van der Waals surface area contributed by atoms with Gasteiger partial charge >= 0.3 is 0 Å². The predicted molar refractivity (Wildman–Crippen MR) is 79.0 cm³/mol. The van der Waals surface area contributed by atoms with Gasteiger partial charge in [0, 0.05) is 0 Å². The third-order valence-corrected chi connectivity index (χ3v) is 6.26. The van der Waals surface area contributed by atoms with E-state index < -0.39 is 0 Å². The van der Waals surface area contributed by atoms with Crippen LogP contribution in [0.15, 0.2) is 30.3 Å². The van der Waals surface area contributed by atoms with Crippen LogP contribution in [0.3, 0.4) is 0 Å². The van der Waals surface area contributed by atoms with Crippen molar-refractivity contribution in [3.63, 3.8) is 0 Å². The predicted octanol–water partition coefficient (Wildman–Crippen LogP) is 3.40. The number of amides is 1. The lowest BCUT2D eigenvalue weighted by atomic mass is 9.38. The molecular formula is C18H23NO. The zero-order chi connectivity index (χ0) is 14.0. The second kappa shape index (κ2) is 3.66. The van der Waals surface area contributed by atoms with Crippen LogP contribution in [0, 0.1) is 16.7 Å². The molecule has 2 N–H and O–H groups in total. The highest BCUT2D eigenvalue weighted by Gasteiger charge is 2.64. The van der Waals surface area contributed by atoms with Crippen molar-refractivity contribution in [3.8, 4) is 0 Å². The molecular weight excluding hydrogens is 246 g/mol. The summed E-state index contributed by atoms with van der Waals surface area (Å²) in [4.78, 5) is 12.2. The van der Waals surface area contributed by atoms with E-state index in [-0.39, 0.29) is 16.7 Å². The van der Waals surface area contributed by atoms with Crippen molar-refractivity contribution in [1.82, 2.24) is 0 Å². The Morgan fingerprint density at radius 2 is 1.85 bits per heavy atom. The molecule has 5 rings (SSSR count). The standard InChI is InChI=1S/C18H23NO/c1-16-7-13-8-17(10-16,14-5-3-2-4-6-14)12-18(9-13,11-16)15(19)20/h2-6,13H,7-12H2,1H3,(H2,19,20)/t13?,16-,17?,18?/m0/s1. The van der Waals surface area contributed by atoms with Crippen LogP contribution in [0.4, 0.5) is 0 Å². The first-order valence-electron chi connectivity index (χ1n) is 7.81. The van der Waals surface area contributed by atoms with Gasteiger partial charge in [-0.25, -0.2) is 0 Å². The number of nitrogens with two attached hydrogens (primary N) is 1. The fourth-order valence-electron chi connectivity index (χ4n) is 6.31. The van der Waals surface area contributed by atoms with E-state index in [0.29, 0.717) is 11.3 Å². The molecule has 4 atom stereocenters. The summed E-state index contributed by atoms with van der Waals surface area (Å²) in [6, 6.07) is 10.9. The molecule has 20 heavy (non-hydrogen) atoms. The van der Waals surface area contributed by atoms with Crippen molar-refractivity contribution < 1.29 is 4.79 Å². The quantitative estimate of drug-likeness (QED) is 0.878. The van der Waals surface area contributed by atoms with Crippen molar-refractivity contribution in [2.45, 2.75) is 50.9 Å². The van der Waals surface area contributed by atoms with Crippen LogP contribution < -0.4 is 5.73 Å². The number of carbonyl (C=O) groups is 1. The summed E-state index contributed by atoms with van der Waals surface area (Å²) >= 11 is 0. The molecule has 1 amide bonds. The van der Waals surface area contributed by atoms with Gasteiger partial charge in [-0.2, -0.15) is 0 Å². The zero-order valence-corrected chi connectivity index (χ0v) is 12.2. The second-order valence-corrected chi connectivity index (χ2v) is 8.11. The molecule has 3 unspecified atom stereocenters. The minimum absolute atomic E-state index is 0.0480. The number of rotatable bonds is 2. The number of primary amides is 1. The van der Waals surface area contributed by atoms with Crippen LogP contribution >= 0.6 is 0 Å². The van der Waals surface area contributed by atoms with E-state index in [1.165, 1.54) is 24.8 Å². The van der Waals surface area contributed by atoms with E-state index in [2.05, 4.69) is 37.3 Å². The molecule has 4 bridgehead atoms. The highest BCUT2D eigenvalue weighted by atomic mass is 16.1. The summed E-state index contributed by atoms with van der Waals surface area (Å²) in [6.07, 6.45) is 6.80. The van der Waals surface area contributed by atoms with Gasteiger partial charge < -0.3 is 5.73 Å². The van der Waals surface area contributed by atoms with Gasteiger partial charge in [-0.15, -0.1) is 0 Å². The van der Waals surface area contributed by atoms with Crippen LogP contribution in [0.1, 0.15) is 51.0 Å². The van der Waals surface area contributed by atoms with E-state index in [1.807, 2.05) is 0 Å². The molecule has 4 fully saturated rings. The van der Waals surface area contributed by atoms with Gasteiger partial charge in [0.25, 0.3) is 0 Å². The minimum atomic E-state index is -0.232. The molecule has 106 valence electrons. The number of hydrogen-bond donors (Lipinski definition) is 1. The fourth-order valence-corrected chi connectivity index (χ4v) is 6.31. The topological polar surface area (TPSA) is 43.1 Å². The van der Waals surface area contributed by atoms with E-state index in [9.17, 15) is 4.79 Å². The molecule has 2 heteroatoms. The van der Waals surface area contributed by atoms with Gasteiger partial charge in [-0.05, 0) is 60.8 Å². The Labute approximate surface area is 120 Å². The van der Waals surface area contributed by atoms with E-state index >= 15 is 0 Å². The maximum Gasteiger partial charge on any atom is 0.223 e. The van der Waals surface area contributed by atoms with Crippen LogP contribution in [0.25, 0.3) is 0 Å². The Kier molecular flexibility index (Phi) is 2.28. The SMILES string of the molecule is C[C@]12CC3CC(C(N)=O)(CC(c4ccccc4)(C3)C1)C2. The summed E-state index contributed by atoms with van der Waals surface area (Å²) in [7, 11) is 0. The lowest BCUT2D eigenvalue weighted by Gasteiger charge is -2.65. The van der Waals surface area contributed by atoms with Crippen molar-refractivity contribution >= 4 is 5.91 Å². The smallest absolute Gasteiger partial charge is 0.223 e. The molecule has 4 aliphatic carbocycles. The Hall–Kier alpha value is -1.31. The molecule has 4 saturated carbocycles. The fraction of sp³-hybridized carbons (Fsp3) is 0.611. The summed E-state index contributed by atoms with van der Waals surface area (Å²) in [6.45, 7) is 2.38.